The number of hydrogen-bond acceptors (Lipinski definition) is 6. The van der Waals surface area contributed by atoms with Gasteiger partial charge in [0.1, 0.15) is 17.1 Å². The van der Waals surface area contributed by atoms with E-state index in [1.807, 2.05) is 27.7 Å². The van der Waals surface area contributed by atoms with E-state index in [4.69, 9.17) is 4.74 Å². The number of ether oxygens (including phenoxy) is 1. The lowest BCUT2D eigenvalue weighted by molar-refractivity contribution is 0.258. The highest BCUT2D eigenvalue weighted by molar-refractivity contribution is 7.92. The standard InChI is InChI=1S/C19H23N3O4S/c1-11(2)18-19(26-15-5-12(3)16(7-20)13(4)6-15)17(8-23)22(21-18)14-9-27(24,25)10-14/h5-6,11,14,23H,8-10H2,1-4H3. The van der Waals surface area contributed by atoms with Gasteiger partial charge >= 0.3 is 0 Å². The van der Waals surface area contributed by atoms with Crippen molar-refractivity contribution in [1.29, 1.82) is 5.26 Å². The van der Waals surface area contributed by atoms with Crippen molar-refractivity contribution in [3.63, 3.8) is 0 Å². The van der Waals surface area contributed by atoms with Gasteiger partial charge in [-0.15, -0.1) is 0 Å². The lowest BCUT2D eigenvalue weighted by atomic mass is 10.0. The number of nitrogens with zero attached hydrogens (tertiary/aromatic N) is 3. The van der Waals surface area contributed by atoms with Gasteiger partial charge in [0.25, 0.3) is 0 Å². The van der Waals surface area contributed by atoms with Crippen LogP contribution in [0.4, 0.5) is 0 Å². The molecule has 3 rings (SSSR count). The first-order valence-electron chi connectivity index (χ1n) is 8.78. The molecule has 0 atom stereocenters. The molecule has 0 radical (unpaired) electrons. The second kappa shape index (κ2) is 6.98. The summed E-state index contributed by atoms with van der Waals surface area (Å²) in [5, 5.41) is 23.7. The Morgan fingerprint density at radius 1 is 1.33 bits per heavy atom. The van der Waals surface area contributed by atoms with E-state index in [9.17, 15) is 18.8 Å². The number of aliphatic hydroxyl groups is 1. The molecular formula is C19H23N3O4S. The number of aliphatic hydroxyl groups excluding tert-OH is 1. The monoisotopic (exact) mass is 389 g/mol. The number of aromatic nitrogens is 2. The minimum atomic E-state index is -3.02. The number of nitriles is 1. The molecule has 0 amide bonds. The van der Waals surface area contributed by atoms with Crippen LogP contribution >= 0.6 is 0 Å². The van der Waals surface area contributed by atoms with Crippen LogP contribution in [0.1, 0.15) is 53.9 Å². The Morgan fingerprint density at radius 2 is 1.93 bits per heavy atom. The molecule has 144 valence electrons. The molecule has 1 fully saturated rings. The van der Waals surface area contributed by atoms with Crippen molar-refractivity contribution < 1.29 is 18.3 Å². The Morgan fingerprint density at radius 3 is 2.37 bits per heavy atom. The van der Waals surface area contributed by atoms with Gasteiger partial charge in [-0.05, 0) is 37.1 Å². The van der Waals surface area contributed by atoms with Gasteiger partial charge in [-0.2, -0.15) is 10.4 Å². The first-order chi connectivity index (χ1) is 12.7. The summed E-state index contributed by atoms with van der Waals surface area (Å²) in [6, 6.07) is 5.46. The summed E-state index contributed by atoms with van der Waals surface area (Å²) in [6.45, 7) is 7.32. The van der Waals surface area contributed by atoms with Gasteiger partial charge in [0.05, 0.1) is 35.8 Å². The maximum Gasteiger partial charge on any atom is 0.174 e. The van der Waals surface area contributed by atoms with Crippen molar-refractivity contribution in [3.8, 4) is 17.6 Å². The molecule has 1 saturated heterocycles. The van der Waals surface area contributed by atoms with Gasteiger partial charge in [-0.25, -0.2) is 8.42 Å². The van der Waals surface area contributed by atoms with Gasteiger partial charge in [0, 0.05) is 5.92 Å². The molecule has 8 heteroatoms. The van der Waals surface area contributed by atoms with Crippen molar-refractivity contribution in [1.82, 2.24) is 9.78 Å². The minimum Gasteiger partial charge on any atom is -0.453 e. The van der Waals surface area contributed by atoms with Crippen LogP contribution in [0.2, 0.25) is 0 Å². The molecule has 0 saturated carbocycles. The lowest BCUT2D eigenvalue weighted by Gasteiger charge is -2.27. The van der Waals surface area contributed by atoms with Crippen LogP contribution in [0.25, 0.3) is 0 Å². The molecule has 0 bridgehead atoms. The van der Waals surface area contributed by atoms with E-state index in [1.54, 1.807) is 16.8 Å². The number of benzene rings is 1. The molecule has 2 heterocycles. The van der Waals surface area contributed by atoms with Crippen LogP contribution in [0.3, 0.4) is 0 Å². The van der Waals surface area contributed by atoms with E-state index < -0.39 is 9.84 Å². The fourth-order valence-electron chi connectivity index (χ4n) is 3.36. The average Bonchev–Trinajstić information content (AvgIpc) is 2.90. The Bertz CT molecular complexity index is 997. The molecule has 2 aromatic rings. The van der Waals surface area contributed by atoms with Crippen LogP contribution < -0.4 is 4.74 Å². The molecule has 0 aliphatic carbocycles. The molecular weight excluding hydrogens is 366 g/mol. The van der Waals surface area contributed by atoms with Crippen LogP contribution in [0.5, 0.6) is 11.5 Å². The van der Waals surface area contributed by atoms with E-state index >= 15 is 0 Å². The molecule has 27 heavy (non-hydrogen) atoms. The SMILES string of the molecule is Cc1cc(Oc2c(C(C)C)nn(C3CS(=O)(=O)C3)c2CO)cc(C)c1C#N. The highest BCUT2D eigenvalue weighted by Gasteiger charge is 2.38. The van der Waals surface area contributed by atoms with Crippen LogP contribution in [0.15, 0.2) is 12.1 Å². The van der Waals surface area contributed by atoms with E-state index in [2.05, 4.69) is 11.2 Å². The maximum atomic E-state index is 11.6. The normalized spacial score (nSPS) is 16.2. The lowest BCUT2D eigenvalue weighted by Crippen LogP contribution is -2.39. The van der Waals surface area contributed by atoms with Gasteiger partial charge in [-0.1, -0.05) is 13.8 Å². The van der Waals surface area contributed by atoms with Crippen LogP contribution in [-0.2, 0) is 16.4 Å². The number of rotatable bonds is 5. The smallest absolute Gasteiger partial charge is 0.174 e. The van der Waals surface area contributed by atoms with Gasteiger partial charge in [-0.3, -0.25) is 4.68 Å². The Labute approximate surface area is 159 Å². The predicted octanol–water partition coefficient (Wildman–Crippen LogP) is 2.75. The largest absolute Gasteiger partial charge is 0.453 e. The van der Waals surface area contributed by atoms with E-state index in [-0.39, 0.29) is 30.1 Å². The Balaban J connectivity index is 2.04. The maximum absolute atomic E-state index is 11.6. The molecule has 1 N–H and O–H groups in total. The molecule has 0 unspecified atom stereocenters. The highest BCUT2D eigenvalue weighted by Crippen LogP contribution is 2.38. The fraction of sp³-hybridized carbons (Fsp3) is 0.474. The zero-order valence-electron chi connectivity index (χ0n) is 15.9. The van der Waals surface area contributed by atoms with E-state index in [0.717, 1.165) is 11.1 Å². The summed E-state index contributed by atoms with van der Waals surface area (Å²) in [7, 11) is -3.02. The zero-order chi connectivity index (χ0) is 19.9. The summed E-state index contributed by atoms with van der Waals surface area (Å²) >= 11 is 0. The van der Waals surface area contributed by atoms with Crippen molar-refractivity contribution in [2.45, 2.75) is 46.3 Å². The van der Waals surface area contributed by atoms with Crippen LogP contribution in [-0.4, -0.2) is 34.8 Å². The first kappa shape index (κ1) is 19.4. The molecule has 7 nitrogen and oxygen atoms in total. The minimum absolute atomic E-state index is 0.0216. The molecule has 1 aliphatic rings. The third-order valence-corrected chi connectivity index (χ3v) is 6.55. The number of hydrogen-bond donors (Lipinski definition) is 1. The summed E-state index contributed by atoms with van der Waals surface area (Å²) in [4.78, 5) is 0. The predicted molar refractivity (Wildman–Crippen MR) is 101 cm³/mol. The Hall–Kier alpha value is -2.37. The van der Waals surface area contributed by atoms with E-state index in [0.29, 0.717) is 28.5 Å². The van der Waals surface area contributed by atoms with Crippen molar-refractivity contribution in [2.75, 3.05) is 11.5 Å². The van der Waals surface area contributed by atoms with Crippen LogP contribution in [0, 0.1) is 25.2 Å². The highest BCUT2D eigenvalue weighted by atomic mass is 32.2. The zero-order valence-corrected chi connectivity index (χ0v) is 16.7. The summed E-state index contributed by atoms with van der Waals surface area (Å²) in [5.74, 6) is 1.09. The molecule has 0 spiro atoms. The third-order valence-electron chi connectivity index (χ3n) is 4.76. The quantitative estimate of drug-likeness (QED) is 0.843. The first-order valence-corrected chi connectivity index (χ1v) is 10.6. The second-order valence-electron chi connectivity index (χ2n) is 7.30. The van der Waals surface area contributed by atoms with Gasteiger partial charge < -0.3 is 9.84 Å². The van der Waals surface area contributed by atoms with Crippen molar-refractivity contribution in [3.05, 3.63) is 40.2 Å². The van der Waals surface area contributed by atoms with Crippen molar-refractivity contribution in [2.24, 2.45) is 0 Å². The summed E-state index contributed by atoms with van der Waals surface area (Å²) < 4.78 is 30.8. The van der Waals surface area contributed by atoms with Gasteiger partial charge in [0.2, 0.25) is 0 Å². The summed E-state index contributed by atoms with van der Waals surface area (Å²) in [6.07, 6.45) is 0. The summed E-state index contributed by atoms with van der Waals surface area (Å²) in [5.41, 5.74) is 3.37. The van der Waals surface area contributed by atoms with Gasteiger partial charge in [0.15, 0.2) is 15.6 Å². The number of aryl methyl sites for hydroxylation is 2. The second-order valence-corrected chi connectivity index (χ2v) is 9.45. The Kier molecular flexibility index (Phi) is 5.02. The third kappa shape index (κ3) is 3.57. The molecule has 1 aliphatic heterocycles. The fourth-order valence-corrected chi connectivity index (χ4v) is 4.72. The number of sulfone groups is 1. The topological polar surface area (TPSA) is 105 Å². The molecule has 1 aromatic heterocycles. The molecule has 1 aromatic carbocycles. The average molecular weight is 389 g/mol. The van der Waals surface area contributed by atoms with E-state index in [1.165, 1.54) is 0 Å². The van der Waals surface area contributed by atoms with Crippen molar-refractivity contribution >= 4 is 9.84 Å².